The molecular formula is C84H99N5. The Morgan fingerprint density at radius 2 is 0.730 bits per heavy atom. The molecule has 5 nitrogen and oxygen atoms in total. The molecule has 460 valence electrons. The van der Waals surface area contributed by atoms with Gasteiger partial charge in [-0.05, 0) is 217 Å². The van der Waals surface area contributed by atoms with Crippen LogP contribution in [0.2, 0.25) is 0 Å². The molecular weight excluding hydrogens is 1080 g/mol. The standard InChI is InChI=1S/C28H33N.C21H25N.C18H21N.C17H20N2/c1-18-7-3-5-9-23(18)29-19(2)28(22-8-4-6-10-24(22)29)25-13-11-20-15-21-12-14-26(28)27(25,16-20)17-21;1-16-10-4-6-12-19(16)22-17(2)21(14-8-3-9-15-21)18-11-5-7-13-20(18)22;1-13-9-5-7-11-16(13)19-14(2)18(3,4)15-10-6-8-12-17(15)19;1-12-8-5-6-10-15(12)19-13(2)17(3,4)14-9-7-11-18-16(14)19/h3-10,19-21,25-26H,11-17H2,1-2H3;4-7,10-13,17H,3,8-9,14-15H2,1-2H3;5-12,14H,1-4H3;5-11,13H,1-4H3. The number of rotatable bonds is 4. The van der Waals surface area contributed by atoms with Gasteiger partial charge in [0.25, 0.3) is 0 Å². The van der Waals surface area contributed by atoms with Gasteiger partial charge >= 0.3 is 0 Å². The van der Waals surface area contributed by atoms with Gasteiger partial charge in [0.15, 0.2) is 0 Å². The highest BCUT2D eigenvalue weighted by molar-refractivity contribution is 5.80. The van der Waals surface area contributed by atoms with Gasteiger partial charge in [0.1, 0.15) is 5.82 Å². The van der Waals surface area contributed by atoms with Gasteiger partial charge in [0.05, 0.1) is 0 Å². The van der Waals surface area contributed by atoms with E-state index in [1.807, 2.05) is 12.3 Å². The lowest BCUT2D eigenvalue weighted by Crippen LogP contribution is -2.75. The summed E-state index contributed by atoms with van der Waals surface area (Å²) in [4.78, 5) is 14.8. The van der Waals surface area contributed by atoms with Crippen LogP contribution in [0.3, 0.4) is 0 Å². The van der Waals surface area contributed by atoms with Crippen molar-refractivity contribution in [2.75, 3.05) is 19.6 Å². The highest BCUT2D eigenvalue weighted by Crippen LogP contribution is 2.81. The zero-order chi connectivity index (χ0) is 61.8. The molecule has 0 amide bonds. The number of benzene rings is 7. The number of pyridine rings is 1. The van der Waals surface area contributed by atoms with Gasteiger partial charge in [-0.2, -0.15) is 0 Å². The van der Waals surface area contributed by atoms with Crippen LogP contribution in [-0.4, -0.2) is 29.2 Å². The predicted octanol–water partition coefficient (Wildman–Crippen LogP) is 21.8. The van der Waals surface area contributed by atoms with Gasteiger partial charge in [-0.3, -0.25) is 0 Å². The van der Waals surface area contributed by atoms with E-state index in [1.165, 1.54) is 131 Å². The van der Waals surface area contributed by atoms with Crippen LogP contribution in [0.25, 0.3) is 0 Å². The molecule has 17 rings (SSSR count). The molecule has 7 aromatic carbocycles. The predicted molar refractivity (Wildman–Crippen MR) is 376 cm³/mol. The maximum Gasteiger partial charge on any atom is 0.137 e. The lowest BCUT2D eigenvalue weighted by molar-refractivity contribution is -0.240. The van der Waals surface area contributed by atoms with Gasteiger partial charge in [-0.15, -0.1) is 0 Å². The van der Waals surface area contributed by atoms with E-state index in [0.29, 0.717) is 40.4 Å². The summed E-state index contributed by atoms with van der Waals surface area (Å²) < 4.78 is 0. The van der Waals surface area contributed by atoms with Crippen molar-refractivity contribution >= 4 is 45.6 Å². The van der Waals surface area contributed by atoms with Crippen molar-refractivity contribution in [2.24, 2.45) is 29.1 Å². The molecule has 89 heavy (non-hydrogen) atoms. The Kier molecular flexibility index (Phi) is 15.2. The summed E-state index contributed by atoms with van der Waals surface area (Å²) in [6, 6.07) is 68.7. The maximum absolute atomic E-state index is 4.63. The average Bonchev–Trinajstić information content (AvgIpc) is 1.61. The van der Waals surface area contributed by atoms with Crippen LogP contribution >= 0.6 is 0 Å². The van der Waals surface area contributed by atoms with Gasteiger partial charge in [-0.1, -0.05) is 193 Å². The molecule has 8 aromatic rings. The van der Waals surface area contributed by atoms with Crippen molar-refractivity contribution < 1.29 is 0 Å². The summed E-state index contributed by atoms with van der Waals surface area (Å²) >= 11 is 0. The summed E-state index contributed by atoms with van der Waals surface area (Å²) in [6.45, 7) is 27.8. The largest absolute Gasteiger partial charge is 0.337 e. The number of hydrogen-bond acceptors (Lipinski definition) is 5. The summed E-state index contributed by atoms with van der Waals surface area (Å²) in [6.07, 6.45) is 19.3. The second-order valence-corrected chi connectivity index (χ2v) is 30.2. The lowest BCUT2D eigenvalue weighted by atomic mass is 9.27. The van der Waals surface area contributed by atoms with Crippen molar-refractivity contribution in [2.45, 2.75) is 206 Å². The van der Waals surface area contributed by atoms with E-state index in [0.717, 1.165) is 29.5 Å². The first-order chi connectivity index (χ1) is 43.0. The zero-order valence-electron chi connectivity index (χ0n) is 55.7. The number of fused-ring (bicyclic) bond motifs is 10. The normalized spacial score (nSPS) is 28.6. The minimum absolute atomic E-state index is 0.117. The van der Waals surface area contributed by atoms with Crippen LogP contribution in [0.15, 0.2) is 188 Å². The topological polar surface area (TPSA) is 25.9 Å². The Morgan fingerprint density at radius 3 is 1.24 bits per heavy atom. The third-order valence-electron chi connectivity index (χ3n) is 25.5. The molecule has 5 fully saturated rings. The van der Waals surface area contributed by atoms with E-state index >= 15 is 0 Å². The highest BCUT2D eigenvalue weighted by Gasteiger charge is 2.77. The molecule has 4 aliphatic heterocycles. The minimum Gasteiger partial charge on any atom is -0.337 e. The fourth-order valence-corrected chi connectivity index (χ4v) is 20.8. The molecule has 9 aliphatic rings. The van der Waals surface area contributed by atoms with Crippen molar-refractivity contribution in [3.05, 3.63) is 233 Å². The molecule has 5 aliphatic carbocycles. The monoisotopic (exact) mass is 1180 g/mol. The Balaban J connectivity index is 0.000000106. The Hall–Kier alpha value is -7.11. The molecule has 1 aromatic heterocycles. The van der Waals surface area contributed by atoms with Crippen LogP contribution in [0.1, 0.15) is 177 Å². The summed E-state index contributed by atoms with van der Waals surface area (Å²) in [5, 5.41) is 0. The second kappa shape index (κ2) is 22.7. The number of para-hydroxylation sites is 7. The summed E-state index contributed by atoms with van der Waals surface area (Å²) in [5.41, 5.74) is 22.9. The smallest absolute Gasteiger partial charge is 0.137 e. The molecule has 0 saturated heterocycles. The fourth-order valence-electron chi connectivity index (χ4n) is 20.8. The molecule has 3 bridgehead atoms. The van der Waals surface area contributed by atoms with Crippen LogP contribution in [-0.2, 0) is 21.7 Å². The SMILES string of the molecule is Cc1ccccc1N1c2ccccc2C(C)(C)C1C.Cc1ccccc1N1c2ccccc2C2(C1C)C1CCC3CC4CCC2C1(C3)C4.Cc1ccccc1N1c2ccccc2C2(CCCCC2)C1C.Cc1ccccc1N1c2ncccc2C(C)(C)C1C. The second-order valence-electron chi connectivity index (χ2n) is 30.2. The van der Waals surface area contributed by atoms with Gasteiger partial charge in [0, 0.05) is 97.4 Å². The quantitative estimate of drug-likeness (QED) is 0.175. The number of hydrogen-bond donors (Lipinski definition) is 0. The van der Waals surface area contributed by atoms with E-state index < -0.39 is 0 Å². The van der Waals surface area contributed by atoms with Crippen LogP contribution in [0.5, 0.6) is 0 Å². The van der Waals surface area contributed by atoms with Crippen LogP contribution in [0, 0.1) is 56.8 Å². The van der Waals surface area contributed by atoms with E-state index in [2.05, 4.69) is 284 Å². The third kappa shape index (κ3) is 9.12. The molecule has 8 atom stereocenters. The summed E-state index contributed by atoms with van der Waals surface area (Å²) in [7, 11) is 0. The first-order valence-corrected chi connectivity index (χ1v) is 34.6. The Morgan fingerprint density at radius 1 is 0.360 bits per heavy atom. The van der Waals surface area contributed by atoms with E-state index in [4.69, 9.17) is 0 Å². The maximum atomic E-state index is 4.63. The van der Waals surface area contributed by atoms with Gasteiger partial charge in [-0.25, -0.2) is 4.98 Å². The van der Waals surface area contributed by atoms with Crippen molar-refractivity contribution in [3.8, 4) is 0 Å². The molecule has 3 spiro atoms. The van der Waals surface area contributed by atoms with Crippen molar-refractivity contribution in [1.82, 2.24) is 4.98 Å². The number of nitrogens with zero attached hydrogens (tertiary/aromatic N) is 5. The minimum atomic E-state index is 0.117. The first-order valence-electron chi connectivity index (χ1n) is 34.6. The molecule has 5 heterocycles. The first kappa shape index (κ1) is 59.5. The fraction of sp³-hybridized carbons (Fsp3) is 0.440. The van der Waals surface area contributed by atoms with Crippen molar-refractivity contribution in [3.63, 3.8) is 0 Å². The number of aryl methyl sites for hydroxylation is 4. The zero-order valence-corrected chi connectivity index (χ0v) is 55.7. The van der Waals surface area contributed by atoms with Crippen molar-refractivity contribution in [1.29, 1.82) is 0 Å². The molecule has 0 radical (unpaired) electrons. The van der Waals surface area contributed by atoms with E-state index in [1.54, 1.807) is 30.4 Å². The molecule has 5 saturated carbocycles. The van der Waals surface area contributed by atoms with Crippen LogP contribution in [0.4, 0.5) is 45.6 Å². The molecule has 5 heteroatoms. The third-order valence-corrected chi connectivity index (χ3v) is 25.5. The van der Waals surface area contributed by atoms with Gasteiger partial charge in [0.2, 0.25) is 0 Å². The summed E-state index contributed by atoms with van der Waals surface area (Å²) in [5.74, 6) is 5.01. The van der Waals surface area contributed by atoms with E-state index in [9.17, 15) is 0 Å². The Bertz CT molecular complexity index is 3760. The highest BCUT2D eigenvalue weighted by atomic mass is 15.3. The Labute approximate surface area is 535 Å². The van der Waals surface area contributed by atoms with Gasteiger partial charge < -0.3 is 19.6 Å². The average molecular weight is 1180 g/mol. The molecule has 8 unspecified atom stereocenters. The molecule has 0 N–H and O–H groups in total. The van der Waals surface area contributed by atoms with E-state index in [-0.39, 0.29) is 10.8 Å². The number of aromatic nitrogens is 1. The lowest BCUT2D eigenvalue weighted by Gasteiger charge is -2.77. The van der Waals surface area contributed by atoms with Crippen LogP contribution < -0.4 is 19.6 Å². The number of anilines is 8.